The summed E-state index contributed by atoms with van der Waals surface area (Å²) in [6.07, 6.45) is 16.3. The molecule has 0 nitrogen and oxygen atoms in total. The zero-order valence-electron chi connectivity index (χ0n) is 17.3. The molecule has 29 heavy (non-hydrogen) atoms. The average Bonchev–Trinajstić information content (AvgIpc) is 3.37. The van der Waals surface area contributed by atoms with E-state index in [0.717, 1.165) is 16.5 Å². The molecule has 1 saturated carbocycles. The van der Waals surface area contributed by atoms with E-state index < -0.39 is 18.3 Å². The summed E-state index contributed by atoms with van der Waals surface area (Å²) in [5.41, 5.74) is 6.05. The van der Waals surface area contributed by atoms with Crippen LogP contribution >= 0.6 is 24.8 Å². The molecule has 0 spiro atoms. The molecule has 2 aromatic carbocycles. The Bertz CT molecular complexity index is 1040. The van der Waals surface area contributed by atoms with Gasteiger partial charge in [0.15, 0.2) is 0 Å². The van der Waals surface area contributed by atoms with Crippen molar-refractivity contribution >= 4 is 32.3 Å². The molecule has 0 N–H and O–H groups in total. The summed E-state index contributed by atoms with van der Waals surface area (Å²) in [5, 5.41) is 0. The van der Waals surface area contributed by atoms with E-state index in [1.807, 2.05) is 0 Å². The van der Waals surface area contributed by atoms with Gasteiger partial charge in [-0.15, -0.1) is 24.8 Å². The van der Waals surface area contributed by atoms with E-state index >= 15 is 0 Å². The average molecular weight is 507 g/mol. The summed E-state index contributed by atoms with van der Waals surface area (Å²) >= 11 is -3.59. The number of hydrogen-bond donors (Lipinski definition) is 0. The van der Waals surface area contributed by atoms with Crippen molar-refractivity contribution in [2.24, 2.45) is 0 Å². The molecule has 0 bridgehead atoms. The zero-order valence-corrected chi connectivity index (χ0v) is 21.4. The fourth-order valence-corrected chi connectivity index (χ4v) is 21.4. The molecule has 0 unspecified atom stereocenters. The second-order valence-electron chi connectivity index (χ2n) is 9.44. The Balaban J connectivity index is 0.00000120. The maximum absolute atomic E-state index is 5.32. The molecule has 0 heterocycles. The molecule has 3 heteroatoms. The van der Waals surface area contributed by atoms with Gasteiger partial charge >= 0.3 is 165 Å². The molecule has 0 atom stereocenters. The number of halogens is 2. The molecule has 5 rings (SSSR count). The van der Waals surface area contributed by atoms with Gasteiger partial charge in [0.1, 0.15) is 0 Å². The standard InChI is InChI=1S/C13H9.C6H11.C5H5.CH3.CH2.2ClH.Zr/c1-3-7-12-10(5-1)9-11-6-2-4-8-13(11)12;1-2-4-6-5-3-1;1-2-4-5-3-1;;;;;/h1-5,7-8H,9H2;1H,2-6H2;1-3H,4H2;1H3;1H2;2*1H;. The fourth-order valence-electron chi connectivity index (χ4n) is 6.31. The van der Waals surface area contributed by atoms with Gasteiger partial charge in [0, 0.05) is 0 Å². The van der Waals surface area contributed by atoms with Gasteiger partial charge in [-0.05, 0) is 0 Å². The molecule has 3 aliphatic carbocycles. The van der Waals surface area contributed by atoms with Crippen LogP contribution in [0.5, 0.6) is 0 Å². The molecule has 2 aromatic rings. The molecule has 3 aliphatic rings. The molecular weight excluding hydrogens is 474 g/mol. The van der Waals surface area contributed by atoms with Crippen LogP contribution in [0.25, 0.3) is 11.1 Å². The van der Waals surface area contributed by atoms with Crippen LogP contribution < -0.4 is 3.27 Å². The predicted octanol–water partition coefficient (Wildman–Crippen LogP) is 7.49. The SMILES string of the molecule is Cl.Cl.[CH2]=[Zr]([CH3])([C]1=CC=CC1)([c]1cccc2c1Cc1ccccc1-2)[CH]1CCCCC1. The third kappa shape index (κ3) is 3.42. The Labute approximate surface area is 188 Å². The van der Waals surface area contributed by atoms with E-state index in [1.54, 1.807) is 12.1 Å². The molecule has 1 fully saturated rings. The summed E-state index contributed by atoms with van der Waals surface area (Å²) < 4.78 is 12.2. The summed E-state index contributed by atoms with van der Waals surface area (Å²) in [4.78, 5) is 0. The van der Waals surface area contributed by atoms with Crippen molar-refractivity contribution in [2.45, 2.75) is 53.2 Å². The normalized spacial score (nSPS) is 18.3. The van der Waals surface area contributed by atoms with Crippen LogP contribution in [0.3, 0.4) is 0 Å². The fraction of sp³-hybridized carbons (Fsp3) is 0.346. The second kappa shape index (κ2) is 8.41. The van der Waals surface area contributed by atoms with E-state index in [1.165, 1.54) is 48.8 Å². The Morgan fingerprint density at radius 2 is 1.62 bits per heavy atom. The van der Waals surface area contributed by atoms with Crippen molar-refractivity contribution in [2.75, 3.05) is 0 Å². The maximum atomic E-state index is 5.32. The van der Waals surface area contributed by atoms with Crippen LogP contribution in [0.4, 0.5) is 0 Å². The quantitative estimate of drug-likeness (QED) is 0.345. The summed E-state index contributed by atoms with van der Waals surface area (Å²) in [6, 6.07) is 16.2. The van der Waals surface area contributed by atoms with Crippen LogP contribution in [0.15, 0.2) is 64.0 Å². The van der Waals surface area contributed by atoms with E-state index in [-0.39, 0.29) is 24.8 Å². The third-order valence-electron chi connectivity index (χ3n) is 7.98. The van der Waals surface area contributed by atoms with Crippen LogP contribution in [-0.2, 0) is 24.7 Å². The molecular formula is C26H32Cl2Zr. The predicted molar refractivity (Wildman–Crippen MR) is 130 cm³/mol. The Kier molecular flexibility index (Phi) is 6.65. The Hall–Kier alpha value is -0.747. The Morgan fingerprint density at radius 3 is 2.34 bits per heavy atom. The Morgan fingerprint density at radius 1 is 0.897 bits per heavy atom. The van der Waals surface area contributed by atoms with Gasteiger partial charge < -0.3 is 0 Å². The molecule has 0 saturated heterocycles. The number of rotatable bonds is 3. The molecule has 0 amide bonds. The number of hydrogen-bond acceptors (Lipinski definition) is 0. The van der Waals surface area contributed by atoms with Crippen molar-refractivity contribution in [1.82, 2.24) is 0 Å². The van der Waals surface area contributed by atoms with Gasteiger partial charge in [-0.1, -0.05) is 0 Å². The third-order valence-corrected chi connectivity index (χ3v) is 25.0. The summed E-state index contributed by atoms with van der Waals surface area (Å²) in [5.74, 6) is 0. The van der Waals surface area contributed by atoms with Gasteiger partial charge in [0.25, 0.3) is 0 Å². The molecule has 154 valence electrons. The molecule has 0 aromatic heterocycles. The van der Waals surface area contributed by atoms with Crippen LogP contribution in [0.2, 0.25) is 8.26 Å². The first-order valence-electron chi connectivity index (χ1n) is 10.7. The number of fused-ring (bicyclic) bond motifs is 3. The van der Waals surface area contributed by atoms with Crippen molar-refractivity contribution in [3.05, 3.63) is 75.1 Å². The first-order valence-corrected chi connectivity index (χ1v) is 18.8. The molecule has 0 aliphatic heterocycles. The van der Waals surface area contributed by atoms with E-state index in [9.17, 15) is 0 Å². The van der Waals surface area contributed by atoms with Crippen molar-refractivity contribution in [3.63, 3.8) is 0 Å². The van der Waals surface area contributed by atoms with Crippen molar-refractivity contribution in [3.8, 4) is 11.1 Å². The summed E-state index contributed by atoms with van der Waals surface area (Å²) in [7, 11) is 0. The van der Waals surface area contributed by atoms with E-state index in [4.69, 9.17) is 4.21 Å². The monoisotopic (exact) mass is 504 g/mol. The van der Waals surface area contributed by atoms with Crippen molar-refractivity contribution in [1.29, 1.82) is 0 Å². The van der Waals surface area contributed by atoms with Gasteiger partial charge in [-0.3, -0.25) is 0 Å². The second-order valence-corrected chi connectivity index (χ2v) is 24.7. The number of allylic oxidation sites excluding steroid dienone is 4. The zero-order chi connectivity index (χ0) is 18.5. The topological polar surface area (TPSA) is 0 Å². The van der Waals surface area contributed by atoms with Gasteiger partial charge in [-0.2, -0.15) is 0 Å². The number of benzene rings is 2. The van der Waals surface area contributed by atoms with Crippen LogP contribution in [-0.4, -0.2) is 4.21 Å². The van der Waals surface area contributed by atoms with Gasteiger partial charge in [0.2, 0.25) is 0 Å². The van der Waals surface area contributed by atoms with Gasteiger partial charge in [0.05, 0.1) is 0 Å². The van der Waals surface area contributed by atoms with Crippen LogP contribution in [0, 0.1) is 0 Å². The molecule has 0 radical (unpaired) electrons. The first-order chi connectivity index (χ1) is 13.1. The summed E-state index contributed by atoms with van der Waals surface area (Å²) in [6.45, 7) is 0. The van der Waals surface area contributed by atoms with E-state index in [2.05, 4.69) is 65.3 Å². The van der Waals surface area contributed by atoms with Gasteiger partial charge in [-0.25, -0.2) is 0 Å². The first kappa shape index (κ1) is 22.9. The van der Waals surface area contributed by atoms with Crippen molar-refractivity contribution < 1.29 is 18.3 Å². The minimum absolute atomic E-state index is 0. The minimum atomic E-state index is -3.59. The van der Waals surface area contributed by atoms with Crippen LogP contribution in [0.1, 0.15) is 49.7 Å². The van der Waals surface area contributed by atoms with E-state index in [0.29, 0.717) is 0 Å².